The number of allylic oxidation sites excluding steroid dienone is 1. The highest BCUT2D eigenvalue weighted by molar-refractivity contribution is 9.11. The molecule has 216 valence electrons. The van der Waals surface area contributed by atoms with Gasteiger partial charge in [0.15, 0.2) is 0 Å². The fraction of sp³-hybridized carbons (Fsp3) is 0.714. The summed E-state index contributed by atoms with van der Waals surface area (Å²) in [7, 11) is 0. The SMILES string of the molecule is CCCCCN1C/C=C\CCC(=O)NC[C@@H](C)OC(=O)[C@@H]2[C@H]3O[C@@]4(C=C3Br)[C@H](C1=O)N(CCCCO)C(=O)[C@@H]24. The normalized spacial score (nSPS) is 34.2. The minimum absolute atomic E-state index is 0.0173. The topological polar surface area (TPSA) is 125 Å². The molecule has 0 aromatic carbocycles. The number of esters is 1. The summed E-state index contributed by atoms with van der Waals surface area (Å²) in [6.07, 6.45) is 8.85. The number of carbonyl (C=O) groups excluding carboxylic acids is 4. The highest BCUT2D eigenvalue weighted by atomic mass is 79.9. The molecule has 0 aromatic heterocycles. The Balaban J connectivity index is 1.74. The first-order valence-electron chi connectivity index (χ1n) is 14.1. The van der Waals surface area contributed by atoms with Crippen molar-refractivity contribution in [1.29, 1.82) is 0 Å². The minimum atomic E-state index is -1.29. The van der Waals surface area contributed by atoms with Gasteiger partial charge in [0, 0.05) is 37.1 Å². The fourth-order valence-corrected chi connectivity index (χ4v) is 6.85. The van der Waals surface area contributed by atoms with Crippen molar-refractivity contribution in [2.24, 2.45) is 11.8 Å². The minimum Gasteiger partial charge on any atom is -0.460 e. The monoisotopic (exact) mass is 609 g/mol. The van der Waals surface area contributed by atoms with Crippen LogP contribution in [0, 0.1) is 11.8 Å². The van der Waals surface area contributed by atoms with Crippen molar-refractivity contribution in [3.8, 4) is 0 Å². The van der Waals surface area contributed by atoms with Crippen molar-refractivity contribution in [3.05, 3.63) is 22.7 Å². The van der Waals surface area contributed by atoms with Gasteiger partial charge in [-0.2, -0.15) is 0 Å². The van der Waals surface area contributed by atoms with Crippen LogP contribution in [0.4, 0.5) is 0 Å². The third-order valence-electron chi connectivity index (χ3n) is 8.02. The summed E-state index contributed by atoms with van der Waals surface area (Å²) in [6.45, 7) is 5.07. The predicted octanol–water partition coefficient (Wildman–Crippen LogP) is 2.05. The number of nitrogens with zero attached hydrogens (tertiary/aromatic N) is 2. The molecule has 2 N–H and O–H groups in total. The van der Waals surface area contributed by atoms with Crippen LogP contribution < -0.4 is 5.32 Å². The summed E-state index contributed by atoms with van der Waals surface area (Å²) in [5.41, 5.74) is -1.29. The number of hydrogen-bond acceptors (Lipinski definition) is 7. The van der Waals surface area contributed by atoms with Crippen molar-refractivity contribution in [2.75, 3.05) is 32.8 Å². The second kappa shape index (κ2) is 13.0. The maximum Gasteiger partial charge on any atom is 0.313 e. The number of likely N-dealkylation sites (tertiary alicyclic amines) is 1. The van der Waals surface area contributed by atoms with Crippen LogP contribution in [0.5, 0.6) is 0 Å². The zero-order chi connectivity index (χ0) is 28.2. The molecule has 6 atom stereocenters. The van der Waals surface area contributed by atoms with Gasteiger partial charge in [0.25, 0.3) is 0 Å². The average Bonchev–Trinajstić information content (AvgIpc) is 3.49. The molecule has 2 fully saturated rings. The Kier molecular flexibility index (Phi) is 9.87. The number of cyclic esters (lactones) is 1. The summed E-state index contributed by atoms with van der Waals surface area (Å²) in [5, 5.41) is 12.2. The number of amides is 3. The van der Waals surface area contributed by atoms with Gasteiger partial charge >= 0.3 is 5.97 Å². The van der Waals surface area contributed by atoms with Crippen LogP contribution in [0.3, 0.4) is 0 Å². The van der Waals surface area contributed by atoms with E-state index in [0.717, 1.165) is 19.3 Å². The maximum absolute atomic E-state index is 14.3. The van der Waals surface area contributed by atoms with Gasteiger partial charge in [-0.3, -0.25) is 19.2 Å². The quantitative estimate of drug-likeness (QED) is 0.245. The molecular weight excluding hydrogens is 570 g/mol. The summed E-state index contributed by atoms with van der Waals surface area (Å²) in [4.78, 5) is 57.4. The molecule has 11 heteroatoms. The van der Waals surface area contributed by atoms with Gasteiger partial charge in [0.05, 0.1) is 12.5 Å². The summed E-state index contributed by atoms with van der Waals surface area (Å²) >= 11 is 3.54. The maximum atomic E-state index is 14.3. The molecule has 5 bridgehead atoms. The second-order valence-corrected chi connectivity index (χ2v) is 11.8. The van der Waals surface area contributed by atoms with E-state index in [1.165, 1.54) is 0 Å². The van der Waals surface area contributed by atoms with E-state index in [4.69, 9.17) is 9.47 Å². The summed E-state index contributed by atoms with van der Waals surface area (Å²) in [5.74, 6) is -3.08. The number of rotatable bonds is 8. The third-order valence-corrected chi connectivity index (χ3v) is 8.70. The number of carbonyl (C=O) groups is 4. The molecule has 39 heavy (non-hydrogen) atoms. The number of aliphatic hydroxyl groups excluding tert-OH is 1. The molecular formula is C28H40BrN3O7. The lowest BCUT2D eigenvalue weighted by atomic mass is 9.74. The Morgan fingerprint density at radius 1 is 1.10 bits per heavy atom. The molecule has 4 aliphatic rings. The Morgan fingerprint density at radius 3 is 2.62 bits per heavy atom. The second-order valence-electron chi connectivity index (χ2n) is 10.8. The standard InChI is InChI=1S/C28H40BrN3O7/c1-3-4-7-12-31-13-8-5-6-11-20(34)30-17-18(2)38-27(37)21-22-25(35)32(14-9-10-15-33)24(26(31)36)28(22)16-19(29)23(21)39-28/h5,8,16,18,21-24,33H,3-4,6-7,9-15,17H2,1-2H3,(H,30,34)/b8-5-/t18-,21+,22-,23+,24+,28-/m1/s1. The van der Waals surface area contributed by atoms with Gasteiger partial charge in [0.1, 0.15) is 29.8 Å². The van der Waals surface area contributed by atoms with E-state index in [0.29, 0.717) is 36.8 Å². The lowest BCUT2D eigenvalue weighted by Crippen LogP contribution is -2.56. The molecule has 0 aromatic rings. The van der Waals surface area contributed by atoms with E-state index in [1.807, 2.05) is 12.2 Å². The summed E-state index contributed by atoms with van der Waals surface area (Å²) < 4.78 is 12.8. The van der Waals surface area contributed by atoms with E-state index in [1.54, 1.807) is 22.8 Å². The number of ether oxygens (including phenoxy) is 2. The van der Waals surface area contributed by atoms with E-state index < -0.39 is 41.7 Å². The molecule has 4 aliphatic heterocycles. The van der Waals surface area contributed by atoms with Crippen LogP contribution >= 0.6 is 15.9 Å². The first-order valence-corrected chi connectivity index (χ1v) is 14.9. The first kappa shape index (κ1) is 29.7. The van der Waals surface area contributed by atoms with Gasteiger partial charge < -0.3 is 29.7 Å². The van der Waals surface area contributed by atoms with Crippen molar-refractivity contribution in [3.63, 3.8) is 0 Å². The molecule has 0 aliphatic carbocycles. The zero-order valence-electron chi connectivity index (χ0n) is 22.8. The Morgan fingerprint density at radius 2 is 1.87 bits per heavy atom. The number of hydrogen-bond donors (Lipinski definition) is 2. The number of fused-ring (bicyclic) bond motifs is 2. The largest absolute Gasteiger partial charge is 0.460 e. The van der Waals surface area contributed by atoms with E-state index in [2.05, 4.69) is 28.2 Å². The van der Waals surface area contributed by atoms with Crippen LogP contribution in [-0.2, 0) is 28.7 Å². The number of nitrogens with one attached hydrogen (secondary N) is 1. The molecule has 0 saturated carbocycles. The lowest BCUT2D eigenvalue weighted by molar-refractivity contribution is -0.158. The highest BCUT2D eigenvalue weighted by Crippen LogP contribution is 2.58. The average molecular weight is 611 g/mol. The van der Waals surface area contributed by atoms with Crippen molar-refractivity contribution in [1.82, 2.24) is 15.1 Å². The van der Waals surface area contributed by atoms with Crippen LogP contribution in [-0.4, -0.2) is 95.2 Å². The highest BCUT2D eigenvalue weighted by Gasteiger charge is 2.74. The number of unbranched alkanes of at least 4 members (excludes halogenated alkanes) is 3. The molecule has 0 unspecified atom stereocenters. The van der Waals surface area contributed by atoms with Crippen LogP contribution in [0.2, 0.25) is 0 Å². The van der Waals surface area contributed by atoms with E-state index in [9.17, 15) is 24.3 Å². The lowest BCUT2D eigenvalue weighted by Gasteiger charge is -2.36. The Labute approximate surface area is 238 Å². The zero-order valence-corrected chi connectivity index (χ0v) is 24.4. The fourth-order valence-electron chi connectivity index (χ4n) is 6.12. The molecule has 0 radical (unpaired) electrons. The molecule has 3 amide bonds. The van der Waals surface area contributed by atoms with Gasteiger partial charge in [-0.15, -0.1) is 0 Å². The van der Waals surface area contributed by atoms with Crippen LogP contribution in [0.1, 0.15) is 58.8 Å². The molecule has 4 rings (SSSR count). The van der Waals surface area contributed by atoms with Crippen LogP contribution in [0.15, 0.2) is 22.7 Å². The smallest absolute Gasteiger partial charge is 0.313 e. The molecule has 2 saturated heterocycles. The van der Waals surface area contributed by atoms with Gasteiger partial charge in [-0.05, 0) is 38.7 Å². The van der Waals surface area contributed by atoms with E-state index in [-0.39, 0.29) is 43.8 Å². The van der Waals surface area contributed by atoms with Gasteiger partial charge in [0.2, 0.25) is 17.7 Å². The Hall–Kier alpha value is -2.24. The Bertz CT molecular complexity index is 1020. The molecule has 1 spiro atoms. The van der Waals surface area contributed by atoms with E-state index >= 15 is 0 Å². The number of aliphatic hydroxyl groups is 1. The summed E-state index contributed by atoms with van der Waals surface area (Å²) in [6, 6.07) is -0.935. The van der Waals surface area contributed by atoms with Crippen molar-refractivity contribution >= 4 is 39.6 Å². The molecule has 10 nitrogen and oxygen atoms in total. The van der Waals surface area contributed by atoms with Gasteiger partial charge in [-0.1, -0.05) is 47.8 Å². The molecule has 4 heterocycles. The van der Waals surface area contributed by atoms with Crippen molar-refractivity contribution in [2.45, 2.75) is 82.6 Å². The number of halogens is 1. The first-order chi connectivity index (χ1) is 18.7. The van der Waals surface area contributed by atoms with Crippen LogP contribution in [0.25, 0.3) is 0 Å². The predicted molar refractivity (Wildman–Crippen MR) is 146 cm³/mol. The third kappa shape index (κ3) is 5.95. The van der Waals surface area contributed by atoms with Gasteiger partial charge in [-0.25, -0.2) is 0 Å². The van der Waals surface area contributed by atoms with Crippen molar-refractivity contribution < 1.29 is 33.8 Å².